The van der Waals surface area contributed by atoms with Crippen molar-refractivity contribution >= 4 is 11.9 Å². The SMILES string of the molecule is C=C(C(=O)Oc1ccc(OC(=O)C(=C)C(F)(F)F)cc1)C(F)(F)F. The summed E-state index contributed by atoms with van der Waals surface area (Å²) >= 11 is 0. The summed E-state index contributed by atoms with van der Waals surface area (Å²) in [6.07, 6.45) is -9.94. The summed E-state index contributed by atoms with van der Waals surface area (Å²) < 4.78 is 82.1. The first kappa shape index (κ1) is 19.3. The number of hydrogen-bond donors (Lipinski definition) is 0. The zero-order chi connectivity index (χ0) is 18.7. The van der Waals surface area contributed by atoms with Crippen molar-refractivity contribution in [2.75, 3.05) is 0 Å². The third-order valence-electron chi connectivity index (χ3n) is 2.42. The molecule has 0 saturated carbocycles. The molecule has 1 aromatic carbocycles. The van der Waals surface area contributed by atoms with Gasteiger partial charge >= 0.3 is 24.3 Å². The van der Waals surface area contributed by atoms with Crippen LogP contribution in [0.25, 0.3) is 0 Å². The Kier molecular flexibility index (Phi) is 5.43. The van der Waals surface area contributed by atoms with Gasteiger partial charge in [0.25, 0.3) is 0 Å². The molecule has 1 rings (SSSR count). The maximum atomic E-state index is 12.2. The standard InChI is InChI=1S/C14H8F6O4/c1-7(13(15,16)17)11(21)23-9-3-5-10(6-4-9)24-12(22)8(2)14(18,19)20/h3-6H,1-2H2. The van der Waals surface area contributed by atoms with Crippen molar-refractivity contribution in [3.8, 4) is 11.5 Å². The molecule has 0 atom stereocenters. The average molecular weight is 354 g/mol. The molecule has 0 bridgehead atoms. The van der Waals surface area contributed by atoms with E-state index in [0.717, 1.165) is 24.3 Å². The normalized spacial score (nSPS) is 11.6. The lowest BCUT2D eigenvalue weighted by Crippen LogP contribution is -2.23. The molecule has 0 radical (unpaired) electrons. The van der Waals surface area contributed by atoms with Crippen LogP contribution in [0.1, 0.15) is 0 Å². The number of alkyl halides is 6. The number of carbonyl (C=O) groups is 2. The number of esters is 2. The number of carbonyl (C=O) groups excluding carboxylic acids is 2. The minimum absolute atomic E-state index is 0.361. The Balaban J connectivity index is 2.74. The van der Waals surface area contributed by atoms with Crippen LogP contribution in [0.5, 0.6) is 11.5 Å². The van der Waals surface area contributed by atoms with E-state index in [1.807, 2.05) is 0 Å². The Hall–Kier alpha value is -2.78. The van der Waals surface area contributed by atoms with Crippen LogP contribution >= 0.6 is 0 Å². The molecule has 0 heterocycles. The topological polar surface area (TPSA) is 52.6 Å². The third-order valence-corrected chi connectivity index (χ3v) is 2.42. The summed E-state index contributed by atoms with van der Waals surface area (Å²) in [5, 5.41) is 0. The van der Waals surface area contributed by atoms with E-state index in [0.29, 0.717) is 0 Å². The van der Waals surface area contributed by atoms with Crippen LogP contribution in [-0.2, 0) is 9.59 Å². The van der Waals surface area contributed by atoms with E-state index >= 15 is 0 Å². The molecule has 10 heteroatoms. The lowest BCUT2D eigenvalue weighted by Gasteiger charge is -2.11. The van der Waals surface area contributed by atoms with Crippen molar-refractivity contribution in [1.82, 2.24) is 0 Å². The van der Waals surface area contributed by atoms with Gasteiger partial charge < -0.3 is 9.47 Å². The maximum absolute atomic E-state index is 12.2. The van der Waals surface area contributed by atoms with Crippen LogP contribution in [0.2, 0.25) is 0 Å². The van der Waals surface area contributed by atoms with Crippen LogP contribution in [0.15, 0.2) is 48.6 Å². The number of ether oxygens (including phenoxy) is 2. The van der Waals surface area contributed by atoms with Gasteiger partial charge in [-0.15, -0.1) is 0 Å². The van der Waals surface area contributed by atoms with Gasteiger partial charge in [0.2, 0.25) is 0 Å². The monoisotopic (exact) mass is 354 g/mol. The summed E-state index contributed by atoms with van der Waals surface area (Å²) in [5.41, 5.74) is -3.47. The summed E-state index contributed by atoms with van der Waals surface area (Å²) in [5.74, 6) is -4.23. The Bertz CT molecular complexity index is 611. The fourth-order valence-electron chi connectivity index (χ4n) is 1.14. The molecule has 0 unspecified atom stereocenters. The predicted molar refractivity (Wildman–Crippen MR) is 68.1 cm³/mol. The minimum Gasteiger partial charge on any atom is -0.423 e. The van der Waals surface area contributed by atoms with Crippen LogP contribution in [0.3, 0.4) is 0 Å². The molecule has 0 aliphatic carbocycles. The molecule has 4 nitrogen and oxygen atoms in total. The average Bonchev–Trinajstić information content (AvgIpc) is 2.45. The Morgan fingerprint density at radius 1 is 0.708 bits per heavy atom. The maximum Gasteiger partial charge on any atom is 0.422 e. The lowest BCUT2D eigenvalue weighted by atomic mass is 10.3. The van der Waals surface area contributed by atoms with Crippen molar-refractivity contribution in [2.24, 2.45) is 0 Å². The summed E-state index contributed by atoms with van der Waals surface area (Å²) in [6.45, 7) is 5.07. The molecule has 0 aliphatic heterocycles. The molecule has 0 amide bonds. The first-order valence-electron chi connectivity index (χ1n) is 5.89. The van der Waals surface area contributed by atoms with Crippen LogP contribution in [0, 0.1) is 0 Å². The number of benzene rings is 1. The second-order valence-electron chi connectivity index (χ2n) is 4.20. The van der Waals surface area contributed by atoms with Crippen LogP contribution in [-0.4, -0.2) is 24.3 Å². The largest absolute Gasteiger partial charge is 0.423 e. The molecular formula is C14H8F6O4. The van der Waals surface area contributed by atoms with Crippen LogP contribution in [0.4, 0.5) is 26.3 Å². The van der Waals surface area contributed by atoms with Crippen molar-refractivity contribution in [3.63, 3.8) is 0 Å². The fourth-order valence-corrected chi connectivity index (χ4v) is 1.14. The molecule has 0 aliphatic rings. The molecule has 24 heavy (non-hydrogen) atoms. The number of rotatable bonds is 4. The zero-order valence-corrected chi connectivity index (χ0v) is 11.6. The Labute approximate surface area is 131 Å². The van der Waals surface area contributed by atoms with E-state index in [4.69, 9.17) is 0 Å². The Morgan fingerprint density at radius 2 is 0.958 bits per heavy atom. The smallest absolute Gasteiger partial charge is 0.422 e. The second kappa shape index (κ2) is 6.77. The van der Waals surface area contributed by atoms with E-state index < -0.39 is 35.4 Å². The quantitative estimate of drug-likeness (QED) is 0.358. The third kappa shape index (κ3) is 5.14. The number of halogens is 6. The lowest BCUT2D eigenvalue weighted by molar-refractivity contribution is -0.144. The molecule has 0 spiro atoms. The van der Waals surface area contributed by atoms with Crippen molar-refractivity contribution < 1.29 is 45.4 Å². The van der Waals surface area contributed by atoms with Gasteiger partial charge in [0.05, 0.1) is 0 Å². The molecule has 130 valence electrons. The van der Waals surface area contributed by atoms with E-state index in [2.05, 4.69) is 22.6 Å². The molecule has 1 aromatic rings. The summed E-state index contributed by atoms with van der Waals surface area (Å²) in [4.78, 5) is 22.3. The van der Waals surface area contributed by atoms with E-state index in [-0.39, 0.29) is 11.5 Å². The number of hydrogen-bond acceptors (Lipinski definition) is 4. The van der Waals surface area contributed by atoms with Gasteiger partial charge in [-0.1, -0.05) is 13.2 Å². The molecule has 0 fully saturated rings. The van der Waals surface area contributed by atoms with Gasteiger partial charge in [-0.3, -0.25) is 0 Å². The van der Waals surface area contributed by atoms with Gasteiger partial charge in [-0.05, 0) is 24.3 Å². The highest BCUT2D eigenvalue weighted by Gasteiger charge is 2.39. The van der Waals surface area contributed by atoms with Crippen molar-refractivity contribution in [3.05, 3.63) is 48.6 Å². The van der Waals surface area contributed by atoms with Gasteiger partial charge in [0.1, 0.15) is 22.6 Å². The highest BCUT2D eigenvalue weighted by molar-refractivity contribution is 5.91. The highest BCUT2D eigenvalue weighted by Crippen LogP contribution is 2.28. The summed E-state index contributed by atoms with van der Waals surface area (Å²) in [7, 11) is 0. The van der Waals surface area contributed by atoms with Crippen LogP contribution < -0.4 is 9.47 Å². The van der Waals surface area contributed by atoms with E-state index in [9.17, 15) is 35.9 Å². The predicted octanol–water partition coefficient (Wildman–Crippen LogP) is 3.73. The van der Waals surface area contributed by atoms with Gasteiger partial charge in [-0.25, -0.2) is 9.59 Å². The molecule has 0 aromatic heterocycles. The molecular weight excluding hydrogens is 346 g/mol. The zero-order valence-electron chi connectivity index (χ0n) is 11.6. The van der Waals surface area contributed by atoms with E-state index in [1.165, 1.54) is 0 Å². The molecule has 0 N–H and O–H groups in total. The van der Waals surface area contributed by atoms with Crippen molar-refractivity contribution in [2.45, 2.75) is 12.4 Å². The second-order valence-corrected chi connectivity index (χ2v) is 4.20. The van der Waals surface area contributed by atoms with Gasteiger partial charge in [0, 0.05) is 0 Å². The highest BCUT2D eigenvalue weighted by atomic mass is 19.4. The van der Waals surface area contributed by atoms with Gasteiger partial charge in [0.15, 0.2) is 0 Å². The Morgan fingerprint density at radius 3 is 1.17 bits per heavy atom. The first-order chi connectivity index (χ1) is 10.8. The first-order valence-corrected chi connectivity index (χ1v) is 5.89. The fraction of sp³-hybridized carbons (Fsp3) is 0.143. The van der Waals surface area contributed by atoms with Gasteiger partial charge in [-0.2, -0.15) is 26.3 Å². The summed E-state index contributed by atoms with van der Waals surface area (Å²) in [6, 6.07) is 3.67. The van der Waals surface area contributed by atoms with E-state index in [1.54, 1.807) is 0 Å². The molecule has 0 saturated heterocycles. The minimum atomic E-state index is -4.97. The van der Waals surface area contributed by atoms with Crippen molar-refractivity contribution in [1.29, 1.82) is 0 Å².